The van der Waals surface area contributed by atoms with Crippen LogP contribution in [0.1, 0.15) is 32.1 Å². The van der Waals surface area contributed by atoms with E-state index in [0.717, 1.165) is 25.7 Å². The summed E-state index contributed by atoms with van der Waals surface area (Å²) in [5.74, 6) is -0.559. The van der Waals surface area contributed by atoms with Crippen molar-refractivity contribution in [2.24, 2.45) is 0 Å². The van der Waals surface area contributed by atoms with Crippen LogP contribution in [-0.4, -0.2) is 30.2 Å². The highest BCUT2D eigenvalue weighted by atomic mass is 16.7. The molecule has 0 bridgehead atoms. The molecule has 1 saturated heterocycles. The van der Waals surface area contributed by atoms with Crippen molar-refractivity contribution in [2.45, 2.75) is 44.0 Å². The molecule has 0 amide bonds. The third kappa shape index (κ3) is 2.16. The summed E-state index contributed by atoms with van der Waals surface area (Å²) in [6.45, 7) is 5.30. The van der Waals surface area contributed by atoms with E-state index in [1.165, 1.54) is 5.57 Å². The second-order valence-electron chi connectivity index (χ2n) is 4.28. The molecule has 1 saturated carbocycles. The second kappa shape index (κ2) is 4.01. The molecular weight excluding hydrogens is 180 g/mol. The van der Waals surface area contributed by atoms with Crippen LogP contribution < -0.4 is 0 Å². The number of ether oxygens (including phenoxy) is 2. The molecule has 3 heteroatoms. The van der Waals surface area contributed by atoms with Gasteiger partial charge < -0.3 is 14.6 Å². The predicted molar refractivity (Wildman–Crippen MR) is 52.9 cm³/mol. The molecule has 0 aromatic carbocycles. The Bertz CT molecular complexity index is 219. The van der Waals surface area contributed by atoms with Gasteiger partial charge in [-0.3, -0.25) is 0 Å². The van der Waals surface area contributed by atoms with Gasteiger partial charge in [-0.15, -0.1) is 0 Å². The summed E-state index contributed by atoms with van der Waals surface area (Å²) in [6, 6.07) is 0. The minimum absolute atomic E-state index is 0.291. The zero-order chi connectivity index (χ0) is 10.0. The summed E-state index contributed by atoms with van der Waals surface area (Å²) in [5.41, 5.74) is 1.18. The van der Waals surface area contributed by atoms with Gasteiger partial charge in [-0.05, 0) is 19.3 Å². The molecule has 0 aromatic rings. The molecule has 1 aliphatic heterocycles. The highest BCUT2D eigenvalue weighted by Crippen LogP contribution is 2.35. The van der Waals surface area contributed by atoms with E-state index >= 15 is 0 Å². The van der Waals surface area contributed by atoms with Gasteiger partial charge in [-0.25, -0.2) is 0 Å². The van der Waals surface area contributed by atoms with Crippen molar-refractivity contribution >= 4 is 0 Å². The van der Waals surface area contributed by atoms with Crippen molar-refractivity contribution in [1.82, 2.24) is 0 Å². The lowest BCUT2D eigenvalue weighted by Crippen LogP contribution is -2.36. The number of hydrogen-bond acceptors (Lipinski definition) is 3. The average molecular weight is 198 g/mol. The molecule has 1 unspecified atom stereocenters. The van der Waals surface area contributed by atoms with Gasteiger partial charge in [0.2, 0.25) is 0 Å². The van der Waals surface area contributed by atoms with Crippen LogP contribution >= 0.6 is 0 Å². The maximum absolute atomic E-state index is 9.74. The molecule has 1 aliphatic carbocycles. The fraction of sp³-hybridized carbons (Fsp3) is 0.818. The lowest BCUT2D eigenvalue weighted by atomic mass is 9.91. The maximum Gasteiger partial charge on any atom is 0.174 e. The third-order valence-electron chi connectivity index (χ3n) is 2.95. The predicted octanol–water partition coefficient (Wildman–Crippen LogP) is 1.61. The molecule has 2 rings (SSSR count). The Kier molecular flexibility index (Phi) is 2.91. The fourth-order valence-corrected chi connectivity index (χ4v) is 2.31. The van der Waals surface area contributed by atoms with Crippen LogP contribution in [-0.2, 0) is 9.47 Å². The molecule has 0 radical (unpaired) electrons. The van der Waals surface area contributed by atoms with E-state index in [1.54, 1.807) is 0 Å². The average Bonchev–Trinajstić information content (AvgIpc) is 2.50. The minimum Gasteiger partial charge on any atom is -0.393 e. The van der Waals surface area contributed by atoms with Crippen molar-refractivity contribution in [1.29, 1.82) is 0 Å². The summed E-state index contributed by atoms with van der Waals surface area (Å²) in [4.78, 5) is 0. The highest BCUT2D eigenvalue weighted by molar-refractivity contribution is 5.02. The topological polar surface area (TPSA) is 38.7 Å². The number of aliphatic hydroxyl groups excluding tert-OH is 1. The van der Waals surface area contributed by atoms with Crippen molar-refractivity contribution in [3.05, 3.63) is 12.2 Å². The number of hydrogen-bond donors (Lipinski definition) is 1. The van der Waals surface area contributed by atoms with Gasteiger partial charge in [0.25, 0.3) is 0 Å². The van der Waals surface area contributed by atoms with Gasteiger partial charge in [0.1, 0.15) is 0 Å². The quantitative estimate of drug-likeness (QED) is 0.601. The van der Waals surface area contributed by atoms with Gasteiger partial charge in [0.15, 0.2) is 5.79 Å². The minimum atomic E-state index is -0.559. The molecule has 1 spiro atoms. The summed E-state index contributed by atoms with van der Waals surface area (Å²) in [7, 11) is 0. The van der Waals surface area contributed by atoms with Crippen LogP contribution in [0.4, 0.5) is 0 Å². The van der Waals surface area contributed by atoms with E-state index in [0.29, 0.717) is 19.6 Å². The fourth-order valence-electron chi connectivity index (χ4n) is 2.31. The Morgan fingerprint density at radius 3 is 2.79 bits per heavy atom. The van der Waals surface area contributed by atoms with Gasteiger partial charge in [-0.2, -0.15) is 0 Å². The Balaban J connectivity index is 2.07. The standard InChI is InChI=1S/C11H18O3/c1-9-3-2-4-10(12)8-11(7-9)13-5-6-14-11/h10,12H,1-8H2. The molecular formula is C11H18O3. The molecule has 3 nitrogen and oxygen atoms in total. The van der Waals surface area contributed by atoms with Crippen molar-refractivity contribution in [3.8, 4) is 0 Å². The zero-order valence-electron chi connectivity index (χ0n) is 8.50. The van der Waals surface area contributed by atoms with E-state index in [9.17, 15) is 5.11 Å². The van der Waals surface area contributed by atoms with E-state index in [-0.39, 0.29) is 6.10 Å². The van der Waals surface area contributed by atoms with E-state index < -0.39 is 5.79 Å². The van der Waals surface area contributed by atoms with Gasteiger partial charge >= 0.3 is 0 Å². The Morgan fingerprint density at radius 2 is 2.07 bits per heavy atom. The van der Waals surface area contributed by atoms with Crippen molar-refractivity contribution < 1.29 is 14.6 Å². The van der Waals surface area contributed by atoms with Gasteiger partial charge in [0.05, 0.1) is 19.3 Å². The zero-order valence-corrected chi connectivity index (χ0v) is 8.50. The number of rotatable bonds is 0. The Morgan fingerprint density at radius 1 is 1.36 bits per heavy atom. The first-order chi connectivity index (χ1) is 6.70. The highest BCUT2D eigenvalue weighted by Gasteiger charge is 2.39. The maximum atomic E-state index is 9.74. The van der Waals surface area contributed by atoms with Crippen LogP contribution in [0.2, 0.25) is 0 Å². The second-order valence-corrected chi connectivity index (χ2v) is 4.28. The molecule has 2 fully saturated rings. The monoisotopic (exact) mass is 198 g/mol. The molecule has 14 heavy (non-hydrogen) atoms. The van der Waals surface area contributed by atoms with E-state index in [4.69, 9.17) is 9.47 Å². The molecule has 1 N–H and O–H groups in total. The first-order valence-corrected chi connectivity index (χ1v) is 5.33. The molecule has 2 aliphatic rings. The lowest BCUT2D eigenvalue weighted by Gasteiger charge is -2.32. The largest absolute Gasteiger partial charge is 0.393 e. The lowest BCUT2D eigenvalue weighted by molar-refractivity contribution is -0.178. The summed E-state index contributed by atoms with van der Waals surface area (Å²) < 4.78 is 11.2. The van der Waals surface area contributed by atoms with Gasteiger partial charge in [0, 0.05) is 12.8 Å². The van der Waals surface area contributed by atoms with Crippen molar-refractivity contribution in [3.63, 3.8) is 0 Å². The third-order valence-corrected chi connectivity index (χ3v) is 2.95. The summed E-state index contributed by atoms with van der Waals surface area (Å²) in [6.07, 6.45) is 3.87. The van der Waals surface area contributed by atoms with Crippen LogP contribution in [0.25, 0.3) is 0 Å². The molecule has 80 valence electrons. The Labute approximate surface area is 84.7 Å². The summed E-state index contributed by atoms with van der Waals surface area (Å²) >= 11 is 0. The molecule has 1 heterocycles. The molecule has 1 atom stereocenters. The Hall–Kier alpha value is -0.380. The first kappa shape index (κ1) is 10.1. The SMILES string of the molecule is C=C1CCCC(O)CC2(C1)OCCO2. The van der Waals surface area contributed by atoms with Crippen LogP contribution in [0.15, 0.2) is 12.2 Å². The summed E-state index contributed by atoms with van der Waals surface area (Å²) in [5, 5.41) is 9.74. The number of aliphatic hydroxyl groups is 1. The van der Waals surface area contributed by atoms with Gasteiger partial charge in [-0.1, -0.05) is 12.2 Å². The first-order valence-electron chi connectivity index (χ1n) is 5.33. The van der Waals surface area contributed by atoms with Crippen LogP contribution in [0.5, 0.6) is 0 Å². The van der Waals surface area contributed by atoms with E-state index in [2.05, 4.69) is 6.58 Å². The normalized spacial score (nSPS) is 32.9. The van der Waals surface area contributed by atoms with Crippen LogP contribution in [0, 0.1) is 0 Å². The van der Waals surface area contributed by atoms with Crippen LogP contribution in [0.3, 0.4) is 0 Å². The smallest absolute Gasteiger partial charge is 0.174 e. The van der Waals surface area contributed by atoms with E-state index in [1.807, 2.05) is 0 Å². The van der Waals surface area contributed by atoms with Crippen molar-refractivity contribution in [2.75, 3.05) is 13.2 Å². The molecule has 0 aromatic heterocycles.